The van der Waals surface area contributed by atoms with E-state index in [9.17, 15) is 4.39 Å². The summed E-state index contributed by atoms with van der Waals surface area (Å²) in [5.74, 6) is 1.07. The Bertz CT molecular complexity index is 949. The highest BCUT2D eigenvalue weighted by molar-refractivity contribution is 9.10. The van der Waals surface area contributed by atoms with Gasteiger partial charge in [-0.1, -0.05) is 35.9 Å². The van der Waals surface area contributed by atoms with Gasteiger partial charge in [-0.2, -0.15) is 0 Å². The van der Waals surface area contributed by atoms with Crippen LogP contribution in [0.15, 0.2) is 65.1 Å². The third-order valence-corrected chi connectivity index (χ3v) is 5.34. The Hall–Kier alpha value is -2.08. The smallest absolute Gasteiger partial charge is 0.175 e. The van der Waals surface area contributed by atoms with Crippen molar-refractivity contribution in [3.8, 4) is 11.5 Å². The first kappa shape index (κ1) is 22.6. The number of hydrogen-bond acceptors (Lipinski definition) is 3. The molecule has 0 spiro atoms. The third kappa shape index (κ3) is 6.73. The van der Waals surface area contributed by atoms with Crippen LogP contribution in [0.2, 0.25) is 5.02 Å². The Morgan fingerprint density at radius 3 is 2.33 bits per heavy atom. The molecule has 30 heavy (non-hydrogen) atoms. The van der Waals surface area contributed by atoms with Crippen LogP contribution >= 0.6 is 27.5 Å². The zero-order valence-corrected chi connectivity index (χ0v) is 19.1. The van der Waals surface area contributed by atoms with Crippen molar-refractivity contribution in [2.75, 3.05) is 13.2 Å². The van der Waals surface area contributed by atoms with E-state index in [-0.39, 0.29) is 5.82 Å². The van der Waals surface area contributed by atoms with Gasteiger partial charge >= 0.3 is 0 Å². The van der Waals surface area contributed by atoms with Crippen LogP contribution in [0, 0.1) is 5.82 Å². The lowest BCUT2D eigenvalue weighted by Gasteiger charge is -2.16. The molecule has 0 heterocycles. The van der Waals surface area contributed by atoms with Crippen LogP contribution in [-0.4, -0.2) is 13.2 Å². The van der Waals surface area contributed by atoms with Crippen molar-refractivity contribution >= 4 is 27.5 Å². The van der Waals surface area contributed by atoms with E-state index in [1.807, 2.05) is 43.3 Å². The lowest BCUT2D eigenvalue weighted by atomic mass is 10.1. The Kier molecular flexibility index (Phi) is 8.55. The molecule has 158 valence electrons. The van der Waals surface area contributed by atoms with Crippen molar-refractivity contribution < 1.29 is 13.9 Å². The summed E-state index contributed by atoms with van der Waals surface area (Å²) in [6, 6.07) is 18.2. The Balaban J connectivity index is 1.60. The number of ether oxygens (including phenoxy) is 2. The first-order chi connectivity index (χ1) is 14.5. The fraction of sp³-hybridized carbons (Fsp3) is 0.250. The third-order valence-electron chi connectivity index (χ3n) is 4.50. The molecule has 0 fully saturated rings. The minimum absolute atomic E-state index is 0.261. The maximum Gasteiger partial charge on any atom is 0.175 e. The zero-order chi connectivity index (χ0) is 21.3. The number of benzene rings is 3. The number of halogens is 3. The van der Waals surface area contributed by atoms with Gasteiger partial charge in [0, 0.05) is 11.6 Å². The molecule has 0 amide bonds. The number of hydrogen-bond donors (Lipinski definition) is 1. The van der Waals surface area contributed by atoms with Gasteiger partial charge in [0.05, 0.1) is 11.1 Å². The predicted octanol–water partition coefficient (Wildman–Crippen LogP) is 6.55. The van der Waals surface area contributed by atoms with E-state index in [2.05, 4.69) is 21.2 Å². The first-order valence-electron chi connectivity index (χ1n) is 9.82. The number of nitrogens with one attached hydrogen (secondary N) is 1. The van der Waals surface area contributed by atoms with Crippen molar-refractivity contribution in [3.05, 3.63) is 92.7 Å². The van der Waals surface area contributed by atoms with E-state index >= 15 is 0 Å². The van der Waals surface area contributed by atoms with Crippen LogP contribution in [-0.2, 0) is 19.6 Å². The van der Waals surface area contributed by atoms with Gasteiger partial charge in [-0.15, -0.1) is 0 Å². The summed E-state index contributed by atoms with van der Waals surface area (Å²) in [6.45, 7) is 4.37. The van der Waals surface area contributed by atoms with E-state index in [4.69, 9.17) is 21.1 Å². The second-order valence-corrected chi connectivity index (χ2v) is 8.10. The van der Waals surface area contributed by atoms with Crippen molar-refractivity contribution in [3.63, 3.8) is 0 Å². The van der Waals surface area contributed by atoms with E-state index in [1.54, 1.807) is 12.1 Å². The zero-order valence-electron chi connectivity index (χ0n) is 16.8. The van der Waals surface area contributed by atoms with E-state index in [0.717, 1.165) is 33.6 Å². The standard InChI is InChI=1S/C24H24BrClFNO2/c1-2-29-23-14-19(15-28-12-11-17-3-7-20(26)8-4-17)13-22(25)24(23)30-16-18-5-9-21(27)10-6-18/h3-10,13-14,28H,2,11-12,15-16H2,1H3. The van der Waals surface area contributed by atoms with E-state index < -0.39 is 0 Å². The summed E-state index contributed by atoms with van der Waals surface area (Å²) in [7, 11) is 0. The van der Waals surface area contributed by atoms with Crippen molar-refractivity contribution in [2.24, 2.45) is 0 Å². The van der Waals surface area contributed by atoms with E-state index in [1.165, 1.54) is 17.7 Å². The van der Waals surface area contributed by atoms with E-state index in [0.29, 0.717) is 31.3 Å². The highest BCUT2D eigenvalue weighted by Crippen LogP contribution is 2.37. The second-order valence-electron chi connectivity index (χ2n) is 6.81. The van der Waals surface area contributed by atoms with Crippen LogP contribution in [0.4, 0.5) is 4.39 Å². The molecule has 0 aromatic heterocycles. The topological polar surface area (TPSA) is 30.5 Å². The van der Waals surface area contributed by atoms with Crippen molar-refractivity contribution in [2.45, 2.75) is 26.5 Å². The van der Waals surface area contributed by atoms with Gasteiger partial charge in [0.25, 0.3) is 0 Å². The molecule has 3 aromatic carbocycles. The van der Waals surface area contributed by atoms with Gasteiger partial charge in [0.1, 0.15) is 12.4 Å². The molecular weight excluding hydrogens is 469 g/mol. The fourth-order valence-electron chi connectivity index (χ4n) is 2.98. The normalized spacial score (nSPS) is 10.8. The van der Waals surface area contributed by atoms with Gasteiger partial charge < -0.3 is 14.8 Å². The molecule has 0 saturated heterocycles. The predicted molar refractivity (Wildman–Crippen MR) is 123 cm³/mol. The second kappa shape index (κ2) is 11.3. The number of rotatable bonds is 10. The molecule has 0 bridgehead atoms. The largest absolute Gasteiger partial charge is 0.490 e. The maximum absolute atomic E-state index is 13.1. The van der Waals surface area contributed by atoms with Crippen molar-refractivity contribution in [1.29, 1.82) is 0 Å². The van der Waals surface area contributed by atoms with Gasteiger partial charge in [-0.05, 0) is 88.9 Å². The van der Waals surface area contributed by atoms with Gasteiger partial charge in [0.2, 0.25) is 0 Å². The average molecular weight is 493 g/mol. The molecule has 3 nitrogen and oxygen atoms in total. The lowest BCUT2D eigenvalue weighted by molar-refractivity contribution is 0.267. The molecule has 0 aliphatic heterocycles. The quantitative estimate of drug-likeness (QED) is 0.325. The van der Waals surface area contributed by atoms with Crippen LogP contribution in [0.1, 0.15) is 23.6 Å². The van der Waals surface area contributed by atoms with Crippen LogP contribution < -0.4 is 14.8 Å². The monoisotopic (exact) mass is 491 g/mol. The van der Waals surface area contributed by atoms with Gasteiger partial charge in [0.15, 0.2) is 11.5 Å². The summed E-state index contributed by atoms with van der Waals surface area (Å²) in [5.41, 5.74) is 3.22. The SMILES string of the molecule is CCOc1cc(CNCCc2ccc(Cl)cc2)cc(Br)c1OCc1ccc(F)cc1. The summed E-state index contributed by atoms with van der Waals surface area (Å²) in [4.78, 5) is 0. The molecule has 3 aromatic rings. The molecule has 3 rings (SSSR count). The minimum Gasteiger partial charge on any atom is -0.490 e. The lowest BCUT2D eigenvalue weighted by Crippen LogP contribution is -2.17. The molecule has 0 saturated carbocycles. The molecule has 0 aliphatic carbocycles. The maximum atomic E-state index is 13.1. The Morgan fingerprint density at radius 2 is 1.63 bits per heavy atom. The molecule has 0 unspecified atom stereocenters. The summed E-state index contributed by atoms with van der Waals surface area (Å²) in [6.07, 6.45) is 0.926. The molecule has 0 atom stereocenters. The Labute approximate surface area is 190 Å². The average Bonchev–Trinajstić information content (AvgIpc) is 2.73. The fourth-order valence-corrected chi connectivity index (χ4v) is 3.71. The highest BCUT2D eigenvalue weighted by Gasteiger charge is 2.13. The summed E-state index contributed by atoms with van der Waals surface area (Å²) in [5, 5.41) is 4.21. The first-order valence-corrected chi connectivity index (χ1v) is 11.0. The minimum atomic E-state index is -0.261. The van der Waals surface area contributed by atoms with Crippen LogP contribution in [0.3, 0.4) is 0 Å². The van der Waals surface area contributed by atoms with Crippen molar-refractivity contribution in [1.82, 2.24) is 5.32 Å². The molecule has 6 heteroatoms. The van der Waals surface area contributed by atoms with Crippen LogP contribution in [0.25, 0.3) is 0 Å². The highest BCUT2D eigenvalue weighted by atomic mass is 79.9. The summed E-state index contributed by atoms with van der Waals surface area (Å²) < 4.78 is 25.7. The molecular formula is C24H24BrClFNO2. The summed E-state index contributed by atoms with van der Waals surface area (Å²) >= 11 is 9.53. The molecule has 0 aliphatic rings. The molecule has 0 radical (unpaired) electrons. The van der Waals surface area contributed by atoms with Gasteiger partial charge in [-0.3, -0.25) is 0 Å². The molecule has 1 N–H and O–H groups in total. The van der Waals surface area contributed by atoms with Crippen LogP contribution in [0.5, 0.6) is 11.5 Å². The Morgan fingerprint density at radius 1 is 0.933 bits per heavy atom. The van der Waals surface area contributed by atoms with Gasteiger partial charge in [-0.25, -0.2) is 4.39 Å².